The van der Waals surface area contributed by atoms with E-state index in [0.29, 0.717) is 6.04 Å². The van der Waals surface area contributed by atoms with Crippen LogP contribution < -0.4 is 5.32 Å². The molecule has 0 saturated heterocycles. The summed E-state index contributed by atoms with van der Waals surface area (Å²) in [5.74, 6) is 0.856. The topological polar surface area (TPSA) is 29.9 Å². The minimum Gasteiger partial charge on any atom is -0.330 e. The van der Waals surface area contributed by atoms with E-state index >= 15 is 0 Å². The fourth-order valence-corrected chi connectivity index (χ4v) is 2.90. The van der Waals surface area contributed by atoms with Crippen molar-refractivity contribution in [2.24, 2.45) is 5.92 Å². The number of imidazole rings is 1. The van der Waals surface area contributed by atoms with Crippen LogP contribution in [0.2, 0.25) is 0 Å². The summed E-state index contributed by atoms with van der Waals surface area (Å²) in [5, 5.41) is 3.46. The van der Waals surface area contributed by atoms with E-state index in [2.05, 4.69) is 28.7 Å². The van der Waals surface area contributed by atoms with Crippen molar-refractivity contribution in [3.05, 3.63) is 18.2 Å². The number of nitrogens with one attached hydrogen (secondary N) is 1. The maximum absolute atomic E-state index is 4.32. The predicted molar refractivity (Wildman–Crippen MR) is 70.9 cm³/mol. The Kier molecular flexibility index (Phi) is 4.60. The largest absolute Gasteiger partial charge is 0.330 e. The molecule has 2 rings (SSSR count). The molecule has 0 aromatic carbocycles. The van der Waals surface area contributed by atoms with Gasteiger partial charge in [0.1, 0.15) is 0 Å². The molecule has 3 heteroatoms. The first-order valence-electron chi connectivity index (χ1n) is 7.04. The van der Waals surface area contributed by atoms with Crippen molar-refractivity contribution in [3.63, 3.8) is 0 Å². The lowest BCUT2D eigenvalue weighted by atomic mass is 9.99. The van der Waals surface area contributed by atoms with E-state index < -0.39 is 0 Å². The molecule has 0 bridgehead atoms. The van der Waals surface area contributed by atoms with Gasteiger partial charge in [-0.3, -0.25) is 0 Å². The molecule has 17 heavy (non-hydrogen) atoms. The molecule has 96 valence electrons. The van der Waals surface area contributed by atoms with Gasteiger partial charge in [-0.25, -0.2) is 4.98 Å². The zero-order valence-electron chi connectivity index (χ0n) is 11.2. The summed E-state index contributed by atoms with van der Waals surface area (Å²) >= 11 is 0. The SMILES string of the molecule is CCCNCc1cncn1C(C)C1CCCC1. The summed E-state index contributed by atoms with van der Waals surface area (Å²) in [6, 6.07) is 0.610. The zero-order valence-corrected chi connectivity index (χ0v) is 11.2. The summed E-state index contributed by atoms with van der Waals surface area (Å²) in [4.78, 5) is 4.32. The fraction of sp³-hybridized carbons (Fsp3) is 0.786. The Bertz CT molecular complexity index is 326. The third-order valence-corrected chi connectivity index (χ3v) is 4.00. The second-order valence-corrected chi connectivity index (χ2v) is 5.25. The van der Waals surface area contributed by atoms with Crippen LogP contribution in [0.1, 0.15) is 57.7 Å². The highest BCUT2D eigenvalue weighted by Crippen LogP contribution is 2.34. The Balaban J connectivity index is 1.96. The van der Waals surface area contributed by atoms with Gasteiger partial charge < -0.3 is 9.88 Å². The van der Waals surface area contributed by atoms with Gasteiger partial charge in [-0.05, 0) is 38.6 Å². The number of hydrogen-bond acceptors (Lipinski definition) is 2. The quantitative estimate of drug-likeness (QED) is 0.768. The van der Waals surface area contributed by atoms with Crippen LogP contribution in [0.4, 0.5) is 0 Å². The lowest BCUT2D eigenvalue weighted by molar-refractivity contribution is 0.351. The van der Waals surface area contributed by atoms with E-state index in [1.807, 2.05) is 12.5 Å². The molecule has 1 unspecified atom stereocenters. The van der Waals surface area contributed by atoms with Crippen LogP contribution in [-0.4, -0.2) is 16.1 Å². The summed E-state index contributed by atoms with van der Waals surface area (Å²) < 4.78 is 2.37. The lowest BCUT2D eigenvalue weighted by Gasteiger charge is -2.22. The number of nitrogens with zero attached hydrogens (tertiary/aromatic N) is 2. The second-order valence-electron chi connectivity index (χ2n) is 5.25. The van der Waals surface area contributed by atoms with Gasteiger partial charge in [0.05, 0.1) is 12.0 Å². The van der Waals surface area contributed by atoms with Gasteiger partial charge in [0, 0.05) is 18.8 Å². The van der Waals surface area contributed by atoms with E-state index in [0.717, 1.165) is 19.0 Å². The normalized spacial score (nSPS) is 18.7. The Morgan fingerprint density at radius 3 is 2.94 bits per heavy atom. The Morgan fingerprint density at radius 2 is 2.24 bits per heavy atom. The molecule has 1 N–H and O–H groups in total. The zero-order chi connectivity index (χ0) is 12.1. The highest BCUT2D eigenvalue weighted by Gasteiger charge is 2.23. The lowest BCUT2D eigenvalue weighted by Crippen LogP contribution is -2.20. The van der Waals surface area contributed by atoms with Crippen LogP contribution in [0.3, 0.4) is 0 Å². The van der Waals surface area contributed by atoms with Gasteiger partial charge in [0.2, 0.25) is 0 Å². The average Bonchev–Trinajstić information content (AvgIpc) is 3.00. The van der Waals surface area contributed by atoms with Gasteiger partial charge in [-0.2, -0.15) is 0 Å². The van der Waals surface area contributed by atoms with Crippen LogP contribution in [0, 0.1) is 5.92 Å². The number of rotatable bonds is 6. The van der Waals surface area contributed by atoms with Crippen LogP contribution >= 0.6 is 0 Å². The molecule has 1 aliphatic rings. The van der Waals surface area contributed by atoms with Gasteiger partial charge in [-0.15, -0.1) is 0 Å². The smallest absolute Gasteiger partial charge is 0.0951 e. The third-order valence-electron chi connectivity index (χ3n) is 4.00. The minimum atomic E-state index is 0.610. The molecule has 1 saturated carbocycles. The minimum absolute atomic E-state index is 0.610. The van der Waals surface area contributed by atoms with Crippen molar-refractivity contribution in [2.45, 2.75) is 58.5 Å². The van der Waals surface area contributed by atoms with Crippen molar-refractivity contribution in [1.82, 2.24) is 14.9 Å². The van der Waals surface area contributed by atoms with Crippen LogP contribution in [-0.2, 0) is 6.54 Å². The number of aromatic nitrogens is 2. The molecular weight excluding hydrogens is 210 g/mol. The van der Waals surface area contributed by atoms with Gasteiger partial charge in [-0.1, -0.05) is 19.8 Å². The van der Waals surface area contributed by atoms with Crippen LogP contribution in [0.15, 0.2) is 12.5 Å². The molecule has 1 aliphatic carbocycles. The van der Waals surface area contributed by atoms with E-state index in [4.69, 9.17) is 0 Å². The average molecular weight is 235 g/mol. The van der Waals surface area contributed by atoms with Crippen molar-refractivity contribution >= 4 is 0 Å². The van der Waals surface area contributed by atoms with E-state index in [1.54, 1.807) is 0 Å². The monoisotopic (exact) mass is 235 g/mol. The Labute approximate surface area is 105 Å². The Hall–Kier alpha value is -0.830. The summed E-state index contributed by atoms with van der Waals surface area (Å²) in [6.07, 6.45) is 10.8. The maximum atomic E-state index is 4.32. The molecule has 1 aromatic rings. The second kappa shape index (κ2) is 6.20. The molecular formula is C14H25N3. The van der Waals surface area contributed by atoms with Crippen molar-refractivity contribution in [3.8, 4) is 0 Å². The van der Waals surface area contributed by atoms with E-state index in [-0.39, 0.29) is 0 Å². The highest BCUT2D eigenvalue weighted by molar-refractivity contribution is 5.01. The van der Waals surface area contributed by atoms with E-state index in [9.17, 15) is 0 Å². The van der Waals surface area contributed by atoms with Gasteiger partial charge >= 0.3 is 0 Å². The molecule has 1 heterocycles. The third kappa shape index (κ3) is 3.09. The van der Waals surface area contributed by atoms with Crippen LogP contribution in [0.5, 0.6) is 0 Å². The fourth-order valence-electron chi connectivity index (χ4n) is 2.90. The molecule has 0 amide bonds. The molecule has 0 spiro atoms. The number of hydrogen-bond donors (Lipinski definition) is 1. The summed E-state index contributed by atoms with van der Waals surface area (Å²) in [7, 11) is 0. The molecule has 1 fully saturated rings. The molecule has 3 nitrogen and oxygen atoms in total. The molecule has 0 radical (unpaired) electrons. The van der Waals surface area contributed by atoms with Gasteiger partial charge in [0.25, 0.3) is 0 Å². The molecule has 0 aliphatic heterocycles. The van der Waals surface area contributed by atoms with Crippen molar-refractivity contribution in [2.75, 3.05) is 6.54 Å². The van der Waals surface area contributed by atoms with Crippen molar-refractivity contribution in [1.29, 1.82) is 0 Å². The predicted octanol–water partition coefficient (Wildman–Crippen LogP) is 3.13. The van der Waals surface area contributed by atoms with Crippen molar-refractivity contribution < 1.29 is 0 Å². The standard InChI is InChI=1S/C14H25N3/c1-3-8-15-9-14-10-16-11-17(14)12(2)13-6-4-5-7-13/h10-13,15H,3-9H2,1-2H3. The Morgan fingerprint density at radius 1 is 1.47 bits per heavy atom. The highest BCUT2D eigenvalue weighted by atomic mass is 15.1. The summed E-state index contributed by atoms with van der Waals surface area (Å²) in [6.45, 7) is 6.58. The first-order chi connectivity index (χ1) is 8.33. The first kappa shape index (κ1) is 12.6. The van der Waals surface area contributed by atoms with E-state index in [1.165, 1.54) is 37.8 Å². The maximum Gasteiger partial charge on any atom is 0.0951 e. The summed E-state index contributed by atoms with van der Waals surface area (Å²) in [5.41, 5.74) is 1.33. The van der Waals surface area contributed by atoms with Crippen LogP contribution in [0.25, 0.3) is 0 Å². The molecule has 1 aromatic heterocycles. The molecule has 1 atom stereocenters. The first-order valence-corrected chi connectivity index (χ1v) is 7.04. The van der Waals surface area contributed by atoms with Gasteiger partial charge in [0.15, 0.2) is 0 Å².